The highest BCUT2D eigenvalue weighted by molar-refractivity contribution is 5.85. The quantitative estimate of drug-likeness (QED) is 0.663. The molecular weight excluding hydrogens is 158 g/mol. The van der Waals surface area contributed by atoms with E-state index in [9.17, 15) is 0 Å². The highest BCUT2D eigenvalue weighted by atomic mass is 35.5. The van der Waals surface area contributed by atoms with Crippen molar-refractivity contribution in [2.24, 2.45) is 7.05 Å². The van der Waals surface area contributed by atoms with E-state index in [0.29, 0.717) is 0 Å². The van der Waals surface area contributed by atoms with Crippen molar-refractivity contribution in [3.05, 3.63) is 24.0 Å². The molecule has 2 heteroatoms. The zero-order chi connectivity index (χ0) is 7.40. The molecule has 1 aromatic heterocycles. The minimum Gasteiger partial charge on any atom is -0.354 e. The average molecular weight is 174 g/mol. The number of hydrogen-bond donors (Lipinski definition) is 0. The number of unbranched alkanes of at least 4 members (excludes halogenated alkanes) is 1. The molecule has 64 valence electrons. The van der Waals surface area contributed by atoms with Crippen LogP contribution in [-0.2, 0) is 13.5 Å². The number of aryl methyl sites for hydroxylation is 2. The lowest BCUT2D eigenvalue weighted by atomic mass is 10.2. The van der Waals surface area contributed by atoms with Crippen molar-refractivity contribution in [3.8, 4) is 0 Å². The molecule has 0 spiro atoms. The van der Waals surface area contributed by atoms with Crippen molar-refractivity contribution in [3.63, 3.8) is 0 Å². The van der Waals surface area contributed by atoms with Gasteiger partial charge in [-0.3, -0.25) is 0 Å². The third-order valence-corrected chi connectivity index (χ3v) is 1.84. The topological polar surface area (TPSA) is 4.93 Å². The van der Waals surface area contributed by atoms with Crippen molar-refractivity contribution >= 4 is 12.4 Å². The zero-order valence-electron chi connectivity index (χ0n) is 7.21. The third-order valence-electron chi connectivity index (χ3n) is 1.84. The van der Waals surface area contributed by atoms with Gasteiger partial charge in [-0.15, -0.1) is 12.4 Å². The smallest absolute Gasteiger partial charge is 0.0171 e. The number of hydrogen-bond acceptors (Lipinski definition) is 0. The summed E-state index contributed by atoms with van der Waals surface area (Å²) < 4.78 is 2.19. The van der Waals surface area contributed by atoms with E-state index in [2.05, 4.69) is 36.9 Å². The summed E-state index contributed by atoms with van der Waals surface area (Å²) in [4.78, 5) is 0. The normalized spacial score (nSPS) is 9.27. The standard InChI is InChI=1S/C9H15N.ClH/c1-3-4-6-9-7-5-8-10(9)2;/h5,7-8H,3-4,6H2,1-2H3;1H. The molecule has 0 aromatic carbocycles. The summed E-state index contributed by atoms with van der Waals surface area (Å²) in [5.41, 5.74) is 1.45. The summed E-state index contributed by atoms with van der Waals surface area (Å²) >= 11 is 0. The molecule has 0 aliphatic heterocycles. The SMILES string of the molecule is CCCCc1cccn1C.Cl. The summed E-state index contributed by atoms with van der Waals surface area (Å²) in [6.07, 6.45) is 5.91. The van der Waals surface area contributed by atoms with Crippen molar-refractivity contribution < 1.29 is 0 Å². The Kier molecular flexibility index (Phi) is 5.05. The number of aromatic nitrogens is 1. The van der Waals surface area contributed by atoms with Gasteiger partial charge in [-0.2, -0.15) is 0 Å². The van der Waals surface area contributed by atoms with Crippen LogP contribution in [0.2, 0.25) is 0 Å². The van der Waals surface area contributed by atoms with E-state index in [1.807, 2.05) is 0 Å². The molecule has 0 aliphatic rings. The van der Waals surface area contributed by atoms with E-state index in [-0.39, 0.29) is 12.4 Å². The molecule has 0 aliphatic carbocycles. The molecule has 0 bridgehead atoms. The second kappa shape index (κ2) is 5.25. The summed E-state index contributed by atoms with van der Waals surface area (Å²) in [5.74, 6) is 0. The maximum absolute atomic E-state index is 2.23. The first kappa shape index (κ1) is 10.6. The molecule has 11 heavy (non-hydrogen) atoms. The molecule has 0 atom stereocenters. The van der Waals surface area contributed by atoms with E-state index in [1.165, 1.54) is 25.0 Å². The molecule has 1 rings (SSSR count). The Bertz CT molecular complexity index is 193. The van der Waals surface area contributed by atoms with Gasteiger partial charge in [0, 0.05) is 18.9 Å². The van der Waals surface area contributed by atoms with Gasteiger partial charge in [-0.05, 0) is 25.0 Å². The Hall–Kier alpha value is -0.430. The predicted octanol–water partition coefficient (Wildman–Crippen LogP) is 2.79. The fourth-order valence-corrected chi connectivity index (χ4v) is 1.11. The molecule has 0 amide bonds. The van der Waals surface area contributed by atoms with Gasteiger partial charge in [0.2, 0.25) is 0 Å². The number of halogens is 1. The van der Waals surface area contributed by atoms with Gasteiger partial charge in [0.15, 0.2) is 0 Å². The molecule has 0 saturated carbocycles. The molecule has 0 saturated heterocycles. The Morgan fingerprint density at radius 1 is 1.45 bits per heavy atom. The van der Waals surface area contributed by atoms with Crippen molar-refractivity contribution in [2.45, 2.75) is 26.2 Å². The van der Waals surface area contributed by atoms with Crippen LogP contribution in [0, 0.1) is 0 Å². The van der Waals surface area contributed by atoms with Crippen LogP contribution < -0.4 is 0 Å². The van der Waals surface area contributed by atoms with Gasteiger partial charge in [-0.1, -0.05) is 13.3 Å². The van der Waals surface area contributed by atoms with Gasteiger partial charge in [0.25, 0.3) is 0 Å². The first-order valence-corrected chi connectivity index (χ1v) is 3.95. The molecule has 0 N–H and O–H groups in total. The lowest BCUT2D eigenvalue weighted by Gasteiger charge is -1.99. The van der Waals surface area contributed by atoms with Crippen molar-refractivity contribution in [2.75, 3.05) is 0 Å². The van der Waals surface area contributed by atoms with Crippen LogP contribution in [0.3, 0.4) is 0 Å². The van der Waals surface area contributed by atoms with Gasteiger partial charge in [-0.25, -0.2) is 0 Å². The summed E-state index contributed by atoms with van der Waals surface area (Å²) in [6, 6.07) is 4.29. The third kappa shape index (κ3) is 2.98. The first-order valence-electron chi connectivity index (χ1n) is 3.95. The van der Waals surface area contributed by atoms with E-state index in [0.717, 1.165) is 0 Å². The zero-order valence-corrected chi connectivity index (χ0v) is 8.03. The lowest BCUT2D eigenvalue weighted by Crippen LogP contribution is -1.93. The maximum Gasteiger partial charge on any atom is 0.0171 e. The maximum atomic E-state index is 2.23. The fourth-order valence-electron chi connectivity index (χ4n) is 1.11. The second-order valence-electron chi connectivity index (χ2n) is 2.71. The van der Waals surface area contributed by atoms with Gasteiger partial charge in [0.05, 0.1) is 0 Å². The first-order chi connectivity index (χ1) is 4.84. The van der Waals surface area contributed by atoms with Crippen molar-refractivity contribution in [1.29, 1.82) is 0 Å². The molecule has 1 heterocycles. The molecule has 0 unspecified atom stereocenters. The minimum absolute atomic E-state index is 0. The number of nitrogens with zero attached hydrogens (tertiary/aromatic N) is 1. The van der Waals surface area contributed by atoms with Crippen LogP contribution in [0.5, 0.6) is 0 Å². The van der Waals surface area contributed by atoms with Crippen LogP contribution in [0.4, 0.5) is 0 Å². The van der Waals surface area contributed by atoms with Crippen LogP contribution in [0.1, 0.15) is 25.5 Å². The van der Waals surface area contributed by atoms with Crippen molar-refractivity contribution in [1.82, 2.24) is 4.57 Å². The van der Waals surface area contributed by atoms with Gasteiger partial charge >= 0.3 is 0 Å². The second-order valence-corrected chi connectivity index (χ2v) is 2.71. The highest BCUT2D eigenvalue weighted by Crippen LogP contribution is 2.04. The lowest BCUT2D eigenvalue weighted by molar-refractivity contribution is 0.733. The van der Waals surface area contributed by atoms with Crippen LogP contribution in [-0.4, -0.2) is 4.57 Å². The van der Waals surface area contributed by atoms with Crippen LogP contribution in [0.15, 0.2) is 18.3 Å². The minimum atomic E-state index is 0. The average Bonchev–Trinajstić information content (AvgIpc) is 2.31. The Balaban J connectivity index is 0.000001000. The fraction of sp³-hybridized carbons (Fsp3) is 0.556. The predicted molar refractivity (Wildman–Crippen MR) is 51.3 cm³/mol. The van der Waals surface area contributed by atoms with E-state index < -0.39 is 0 Å². The molecule has 0 radical (unpaired) electrons. The summed E-state index contributed by atoms with van der Waals surface area (Å²) in [6.45, 7) is 2.23. The largest absolute Gasteiger partial charge is 0.354 e. The monoisotopic (exact) mass is 173 g/mol. The molecule has 0 fully saturated rings. The van der Waals surface area contributed by atoms with E-state index >= 15 is 0 Å². The summed E-state index contributed by atoms with van der Waals surface area (Å²) in [7, 11) is 2.10. The van der Waals surface area contributed by atoms with Gasteiger partial charge < -0.3 is 4.57 Å². The Morgan fingerprint density at radius 2 is 2.18 bits per heavy atom. The summed E-state index contributed by atoms with van der Waals surface area (Å²) in [5, 5.41) is 0. The number of rotatable bonds is 3. The van der Waals surface area contributed by atoms with Crippen LogP contribution >= 0.6 is 12.4 Å². The molecular formula is C9H16ClN. The Morgan fingerprint density at radius 3 is 2.64 bits per heavy atom. The highest BCUT2D eigenvalue weighted by Gasteiger charge is 1.93. The van der Waals surface area contributed by atoms with E-state index in [4.69, 9.17) is 0 Å². The Labute approximate surface area is 74.8 Å². The molecule has 1 nitrogen and oxygen atoms in total. The molecule has 1 aromatic rings. The van der Waals surface area contributed by atoms with E-state index in [1.54, 1.807) is 0 Å². The van der Waals surface area contributed by atoms with Crippen LogP contribution in [0.25, 0.3) is 0 Å². The van der Waals surface area contributed by atoms with Gasteiger partial charge in [0.1, 0.15) is 0 Å².